The average molecular weight is 300 g/mol. The Morgan fingerprint density at radius 3 is 2.10 bits per heavy atom. The molecule has 0 aliphatic heterocycles. The van der Waals surface area contributed by atoms with Crippen LogP contribution in [0, 0.1) is 0 Å². The van der Waals surface area contributed by atoms with Gasteiger partial charge in [0.15, 0.2) is 6.10 Å². The third-order valence-electron chi connectivity index (χ3n) is 2.05. The molecule has 0 heterocycles. The highest BCUT2D eigenvalue weighted by molar-refractivity contribution is 5.94. The summed E-state index contributed by atoms with van der Waals surface area (Å²) in [5.74, 6) is -2.09. The predicted molar refractivity (Wildman–Crippen MR) is 72.5 cm³/mol. The SMILES string of the molecule is C=CCOCC(COC(=O)CC(C)=O)OC(=O)CC(C)=O. The van der Waals surface area contributed by atoms with E-state index in [0.717, 1.165) is 0 Å². The Labute approximate surface area is 123 Å². The summed E-state index contributed by atoms with van der Waals surface area (Å²) in [6.07, 6.45) is -0.0373. The summed E-state index contributed by atoms with van der Waals surface area (Å²) < 4.78 is 14.9. The van der Waals surface area contributed by atoms with E-state index in [1.54, 1.807) is 0 Å². The fourth-order valence-electron chi connectivity index (χ4n) is 1.27. The fourth-order valence-corrected chi connectivity index (χ4v) is 1.27. The lowest BCUT2D eigenvalue weighted by atomic mass is 10.3. The van der Waals surface area contributed by atoms with E-state index in [9.17, 15) is 19.2 Å². The van der Waals surface area contributed by atoms with E-state index in [4.69, 9.17) is 14.2 Å². The van der Waals surface area contributed by atoms with Crippen LogP contribution < -0.4 is 0 Å². The molecule has 0 fully saturated rings. The van der Waals surface area contributed by atoms with Crippen LogP contribution in [-0.4, -0.2) is 49.4 Å². The van der Waals surface area contributed by atoms with Gasteiger partial charge in [0.25, 0.3) is 0 Å². The van der Waals surface area contributed by atoms with Gasteiger partial charge in [-0.25, -0.2) is 0 Å². The van der Waals surface area contributed by atoms with Crippen LogP contribution in [0.4, 0.5) is 0 Å². The molecule has 7 nitrogen and oxygen atoms in total. The number of hydrogen-bond acceptors (Lipinski definition) is 7. The first-order valence-corrected chi connectivity index (χ1v) is 6.37. The van der Waals surface area contributed by atoms with Crippen molar-refractivity contribution in [2.75, 3.05) is 19.8 Å². The van der Waals surface area contributed by atoms with Gasteiger partial charge >= 0.3 is 11.9 Å². The minimum Gasteiger partial charge on any atom is -0.461 e. The van der Waals surface area contributed by atoms with Crippen LogP contribution in [0.15, 0.2) is 12.7 Å². The summed E-state index contributed by atoms with van der Waals surface area (Å²) in [6, 6.07) is 0. The molecule has 0 aromatic heterocycles. The Balaban J connectivity index is 4.33. The number of ether oxygens (including phenoxy) is 3. The minimum atomic E-state index is -0.840. The first-order valence-electron chi connectivity index (χ1n) is 6.37. The zero-order chi connectivity index (χ0) is 16.3. The van der Waals surface area contributed by atoms with E-state index < -0.39 is 18.0 Å². The molecule has 7 heteroatoms. The lowest BCUT2D eigenvalue weighted by Crippen LogP contribution is -2.30. The maximum absolute atomic E-state index is 11.4. The van der Waals surface area contributed by atoms with Crippen molar-refractivity contribution in [1.29, 1.82) is 0 Å². The van der Waals surface area contributed by atoms with E-state index in [1.807, 2.05) is 0 Å². The second kappa shape index (κ2) is 10.7. The highest BCUT2D eigenvalue weighted by atomic mass is 16.6. The van der Waals surface area contributed by atoms with Gasteiger partial charge in [-0.1, -0.05) is 6.08 Å². The topological polar surface area (TPSA) is 96.0 Å². The number of hydrogen-bond donors (Lipinski definition) is 0. The number of carbonyl (C=O) groups excluding carboxylic acids is 4. The molecule has 1 atom stereocenters. The van der Waals surface area contributed by atoms with Crippen molar-refractivity contribution < 1.29 is 33.4 Å². The van der Waals surface area contributed by atoms with Crippen LogP contribution in [0.3, 0.4) is 0 Å². The van der Waals surface area contributed by atoms with Crippen LogP contribution >= 0.6 is 0 Å². The van der Waals surface area contributed by atoms with E-state index >= 15 is 0 Å². The molecule has 0 aromatic carbocycles. The van der Waals surface area contributed by atoms with Crippen LogP contribution in [0.1, 0.15) is 26.7 Å². The van der Waals surface area contributed by atoms with Gasteiger partial charge in [-0.15, -0.1) is 6.58 Å². The van der Waals surface area contributed by atoms with E-state index in [0.29, 0.717) is 0 Å². The Morgan fingerprint density at radius 2 is 1.57 bits per heavy atom. The zero-order valence-electron chi connectivity index (χ0n) is 12.3. The van der Waals surface area contributed by atoms with Crippen molar-refractivity contribution >= 4 is 23.5 Å². The molecule has 0 aliphatic rings. The largest absolute Gasteiger partial charge is 0.461 e. The van der Waals surface area contributed by atoms with E-state index in [2.05, 4.69) is 6.58 Å². The van der Waals surface area contributed by atoms with Gasteiger partial charge in [-0.3, -0.25) is 19.2 Å². The van der Waals surface area contributed by atoms with Crippen molar-refractivity contribution in [3.63, 3.8) is 0 Å². The van der Waals surface area contributed by atoms with Gasteiger partial charge in [-0.2, -0.15) is 0 Å². The minimum absolute atomic E-state index is 0.0109. The van der Waals surface area contributed by atoms with Crippen LogP contribution in [0.2, 0.25) is 0 Å². The Bertz CT molecular complexity index is 400. The molecule has 118 valence electrons. The van der Waals surface area contributed by atoms with Gasteiger partial charge in [0.2, 0.25) is 0 Å². The van der Waals surface area contributed by atoms with Crippen molar-refractivity contribution in [3.8, 4) is 0 Å². The molecule has 1 unspecified atom stereocenters. The quantitative estimate of drug-likeness (QED) is 0.238. The van der Waals surface area contributed by atoms with Gasteiger partial charge in [0.05, 0.1) is 13.2 Å². The van der Waals surface area contributed by atoms with Crippen LogP contribution in [0.25, 0.3) is 0 Å². The normalized spacial score (nSPS) is 11.3. The standard InChI is InChI=1S/C14H20O7/c1-4-5-19-8-12(21-14(18)7-11(3)16)9-20-13(17)6-10(2)15/h4,12H,1,5-9H2,2-3H3. The van der Waals surface area contributed by atoms with Gasteiger partial charge in [-0.05, 0) is 13.8 Å². The number of carbonyl (C=O) groups is 4. The molecule has 0 N–H and O–H groups in total. The molecule has 0 radical (unpaired) electrons. The first-order chi connectivity index (χ1) is 9.85. The lowest BCUT2D eigenvalue weighted by molar-refractivity contribution is -0.163. The fraction of sp³-hybridized carbons (Fsp3) is 0.571. The van der Waals surface area contributed by atoms with Crippen LogP contribution in [0.5, 0.6) is 0 Å². The Kier molecular flexibility index (Phi) is 9.70. The van der Waals surface area contributed by atoms with Gasteiger partial charge in [0.1, 0.15) is 31.0 Å². The third kappa shape index (κ3) is 11.5. The second-order valence-electron chi connectivity index (χ2n) is 4.38. The summed E-state index contributed by atoms with van der Waals surface area (Å²) in [6.45, 7) is 5.97. The number of ketones is 2. The molecular weight excluding hydrogens is 280 g/mol. The summed E-state index contributed by atoms with van der Waals surface area (Å²) in [7, 11) is 0. The summed E-state index contributed by atoms with van der Waals surface area (Å²) in [4.78, 5) is 44.2. The molecule has 0 saturated heterocycles. The number of esters is 2. The van der Waals surface area contributed by atoms with Crippen molar-refractivity contribution in [1.82, 2.24) is 0 Å². The number of rotatable bonds is 11. The molecule has 0 saturated carbocycles. The van der Waals surface area contributed by atoms with Crippen molar-refractivity contribution in [2.45, 2.75) is 32.8 Å². The van der Waals surface area contributed by atoms with E-state index in [1.165, 1.54) is 19.9 Å². The number of Topliss-reactive ketones (excluding diaryl/α,β-unsaturated/α-hetero) is 2. The zero-order valence-corrected chi connectivity index (χ0v) is 12.3. The highest BCUT2D eigenvalue weighted by Gasteiger charge is 2.18. The molecule has 0 amide bonds. The highest BCUT2D eigenvalue weighted by Crippen LogP contribution is 2.01. The Morgan fingerprint density at radius 1 is 1.00 bits per heavy atom. The monoisotopic (exact) mass is 300 g/mol. The summed E-state index contributed by atoms with van der Waals surface area (Å²) in [5.41, 5.74) is 0. The molecule has 0 rings (SSSR count). The molecule has 0 aromatic rings. The van der Waals surface area contributed by atoms with E-state index in [-0.39, 0.29) is 44.2 Å². The van der Waals surface area contributed by atoms with Crippen molar-refractivity contribution in [2.24, 2.45) is 0 Å². The predicted octanol–water partition coefficient (Wildman–Crippen LogP) is 0.602. The summed E-state index contributed by atoms with van der Waals surface area (Å²) >= 11 is 0. The average Bonchev–Trinajstić information content (AvgIpc) is 2.34. The van der Waals surface area contributed by atoms with Crippen molar-refractivity contribution in [3.05, 3.63) is 12.7 Å². The molecule has 0 spiro atoms. The maximum atomic E-state index is 11.4. The molecule has 0 bridgehead atoms. The summed E-state index contributed by atoms with van der Waals surface area (Å²) in [5, 5.41) is 0. The van der Waals surface area contributed by atoms with Gasteiger partial charge in [0, 0.05) is 0 Å². The second-order valence-corrected chi connectivity index (χ2v) is 4.38. The maximum Gasteiger partial charge on any atom is 0.313 e. The Hall–Kier alpha value is -2.02. The third-order valence-corrected chi connectivity index (χ3v) is 2.05. The van der Waals surface area contributed by atoms with Crippen LogP contribution in [-0.2, 0) is 33.4 Å². The molecule has 21 heavy (non-hydrogen) atoms. The van der Waals surface area contributed by atoms with Gasteiger partial charge < -0.3 is 14.2 Å². The molecule has 0 aliphatic carbocycles. The smallest absolute Gasteiger partial charge is 0.313 e. The lowest BCUT2D eigenvalue weighted by Gasteiger charge is -2.17. The first kappa shape index (κ1) is 19.0. The molecular formula is C14H20O7.